The van der Waals surface area contributed by atoms with Gasteiger partial charge in [0.05, 0.1) is 6.54 Å². The van der Waals surface area contributed by atoms with Crippen molar-refractivity contribution in [3.05, 3.63) is 70.8 Å². The van der Waals surface area contributed by atoms with Crippen LogP contribution in [0.3, 0.4) is 0 Å². The smallest absolute Gasteiger partial charge is 0.159 e. The van der Waals surface area contributed by atoms with Gasteiger partial charge in [0.15, 0.2) is 11.6 Å². The summed E-state index contributed by atoms with van der Waals surface area (Å²) in [6, 6.07) is 13.6. The predicted molar refractivity (Wildman–Crippen MR) is 128 cm³/mol. The van der Waals surface area contributed by atoms with Gasteiger partial charge >= 0.3 is 0 Å². The van der Waals surface area contributed by atoms with E-state index in [0.717, 1.165) is 51.1 Å². The Balaban J connectivity index is 0.00000181. The minimum Gasteiger partial charge on any atom is -0.381 e. The van der Waals surface area contributed by atoms with Crippen molar-refractivity contribution >= 4 is 24.8 Å². The maximum absolute atomic E-state index is 13.4. The van der Waals surface area contributed by atoms with E-state index in [0.29, 0.717) is 18.6 Å². The van der Waals surface area contributed by atoms with Gasteiger partial charge in [-0.25, -0.2) is 8.78 Å². The van der Waals surface area contributed by atoms with Gasteiger partial charge in [0.25, 0.3) is 0 Å². The molecule has 0 radical (unpaired) electrons. The number of nitrogens with one attached hydrogen (secondary N) is 1. The van der Waals surface area contributed by atoms with Crippen LogP contribution in [0, 0.1) is 24.0 Å². The minimum absolute atomic E-state index is 0. The highest BCUT2D eigenvalue weighted by Gasteiger charge is 2.38. The average Bonchev–Trinajstić information content (AvgIpc) is 3.55. The Morgan fingerprint density at radius 3 is 2.34 bits per heavy atom. The summed E-state index contributed by atoms with van der Waals surface area (Å²) in [7, 11) is 0. The largest absolute Gasteiger partial charge is 0.381 e. The van der Waals surface area contributed by atoms with E-state index in [2.05, 4.69) is 40.4 Å². The summed E-state index contributed by atoms with van der Waals surface area (Å²) in [5, 5.41) is 3.52. The second-order valence-electron chi connectivity index (χ2n) is 8.27. The van der Waals surface area contributed by atoms with Gasteiger partial charge in [-0.2, -0.15) is 0 Å². The molecule has 174 valence electrons. The molecule has 1 saturated carbocycles. The second-order valence-corrected chi connectivity index (χ2v) is 8.27. The summed E-state index contributed by atoms with van der Waals surface area (Å²) in [6.45, 7) is 3.88. The molecule has 2 fully saturated rings. The van der Waals surface area contributed by atoms with Crippen LogP contribution < -0.4 is 5.32 Å². The Kier molecular flexibility index (Phi) is 10.4. The predicted octanol–water partition coefficient (Wildman–Crippen LogP) is 5.07. The molecule has 1 heterocycles. The Hall–Kier alpha value is -1.68. The third-order valence-corrected chi connectivity index (χ3v) is 6.14. The van der Waals surface area contributed by atoms with Crippen molar-refractivity contribution in [1.29, 1.82) is 0 Å². The highest BCUT2D eigenvalue weighted by atomic mass is 35.5. The lowest BCUT2D eigenvalue weighted by Gasteiger charge is -2.33. The molecule has 1 aliphatic carbocycles. The first-order valence-corrected chi connectivity index (χ1v) is 10.7. The Bertz CT molecular complexity index is 898. The standard InChI is InChI=1S/C25H28F2N2O.2ClH/c1-2-11-29(21-9-12-30-13-10-21)17-19-5-3-18(4-6-19)16-28-25-15-22(25)20-7-8-23(26)24(27)14-20;;/h1,3-8,14,21-22,25,28H,9-13,15-17H2;2*1H/t22-,25+;;/m0../s1. The first-order chi connectivity index (χ1) is 14.6. The number of hydrogen-bond acceptors (Lipinski definition) is 3. The number of halogens is 4. The van der Waals surface area contributed by atoms with E-state index in [1.54, 1.807) is 6.07 Å². The maximum atomic E-state index is 13.4. The van der Waals surface area contributed by atoms with Crippen molar-refractivity contribution in [1.82, 2.24) is 10.2 Å². The van der Waals surface area contributed by atoms with Gasteiger partial charge in [0.2, 0.25) is 0 Å². The van der Waals surface area contributed by atoms with Crippen LogP contribution in [0.5, 0.6) is 0 Å². The van der Waals surface area contributed by atoms with Crippen LogP contribution in [0.1, 0.15) is 41.9 Å². The monoisotopic (exact) mass is 482 g/mol. The van der Waals surface area contributed by atoms with Crippen LogP contribution in [-0.4, -0.2) is 36.7 Å². The molecule has 0 amide bonds. The van der Waals surface area contributed by atoms with Crippen molar-refractivity contribution in [2.45, 2.75) is 50.4 Å². The Morgan fingerprint density at radius 2 is 1.69 bits per heavy atom. The molecule has 32 heavy (non-hydrogen) atoms. The fraction of sp³-hybridized carbons (Fsp3) is 0.440. The molecule has 1 N–H and O–H groups in total. The number of nitrogens with zero attached hydrogens (tertiary/aromatic N) is 1. The van der Waals surface area contributed by atoms with E-state index in [9.17, 15) is 8.78 Å². The van der Waals surface area contributed by atoms with Gasteiger partial charge in [-0.15, -0.1) is 31.2 Å². The van der Waals surface area contributed by atoms with E-state index in [1.165, 1.54) is 23.3 Å². The van der Waals surface area contributed by atoms with Crippen molar-refractivity contribution in [3.8, 4) is 12.3 Å². The van der Waals surface area contributed by atoms with Gasteiger partial charge in [-0.3, -0.25) is 4.90 Å². The van der Waals surface area contributed by atoms with Crippen LogP contribution in [0.15, 0.2) is 42.5 Å². The third-order valence-electron chi connectivity index (χ3n) is 6.14. The van der Waals surface area contributed by atoms with Gasteiger partial charge in [-0.05, 0) is 48.1 Å². The fourth-order valence-corrected chi connectivity index (χ4v) is 4.26. The number of rotatable bonds is 8. The van der Waals surface area contributed by atoms with Gasteiger partial charge < -0.3 is 10.1 Å². The Morgan fingerprint density at radius 1 is 1.00 bits per heavy atom. The van der Waals surface area contributed by atoms with Gasteiger partial charge in [-0.1, -0.05) is 36.3 Å². The van der Waals surface area contributed by atoms with Crippen molar-refractivity contribution in [3.63, 3.8) is 0 Å². The number of terminal acetylenes is 1. The quantitative estimate of drug-likeness (QED) is 0.531. The molecule has 2 aliphatic rings. The molecule has 1 saturated heterocycles. The maximum Gasteiger partial charge on any atom is 0.159 e. The molecule has 1 aliphatic heterocycles. The Labute approximate surface area is 201 Å². The molecule has 0 aromatic heterocycles. The number of hydrogen-bond donors (Lipinski definition) is 1. The summed E-state index contributed by atoms with van der Waals surface area (Å²) < 4.78 is 32.0. The normalized spacial score (nSPS) is 20.2. The van der Waals surface area contributed by atoms with E-state index >= 15 is 0 Å². The topological polar surface area (TPSA) is 24.5 Å². The molecule has 4 rings (SSSR count). The zero-order valence-corrected chi connectivity index (χ0v) is 19.6. The zero-order valence-electron chi connectivity index (χ0n) is 17.9. The van der Waals surface area contributed by atoms with Crippen molar-refractivity contribution < 1.29 is 13.5 Å². The van der Waals surface area contributed by atoms with E-state index < -0.39 is 11.6 Å². The van der Waals surface area contributed by atoms with E-state index in [4.69, 9.17) is 11.2 Å². The molecule has 2 aromatic carbocycles. The summed E-state index contributed by atoms with van der Waals surface area (Å²) in [4.78, 5) is 2.37. The molecule has 0 unspecified atom stereocenters. The van der Waals surface area contributed by atoms with Crippen molar-refractivity contribution in [2.75, 3.05) is 19.8 Å². The lowest BCUT2D eigenvalue weighted by atomic mass is 10.1. The van der Waals surface area contributed by atoms with Crippen LogP contribution in [0.4, 0.5) is 8.78 Å². The summed E-state index contributed by atoms with van der Waals surface area (Å²) in [6.07, 6.45) is 8.60. The molecule has 7 heteroatoms. The molecule has 3 nitrogen and oxygen atoms in total. The van der Waals surface area contributed by atoms with Crippen LogP contribution in [-0.2, 0) is 17.8 Å². The fourth-order valence-electron chi connectivity index (χ4n) is 4.26. The van der Waals surface area contributed by atoms with E-state index in [1.807, 2.05) is 0 Å². The average molecular weight is 483 g/mol. The summed E-state index contributed by atoms with van der Waals surface area (Å²) in [5.74, 6) is 1.49. The van der Waals surface area contributed by atoms with Crippen LogP contribution in [0.25, 0.3) is 0 Å². The molecule has 2 atom stereocenters. The van der Waals surface area contributed by atoms with Crippen molar-refractivity contribution in [2.24, 2.45) is 0 Å². The molecule has 0 bridgehead atoms. The van der Waals surface area contributed by atoms with Crippen LogP contribution in [0.2, 0.25) is 0 Å². The summed E-state index contributed by atoms with van der Waals surface area (Å²) in [5.41, 5.74) is 3.33. The third kappa shape index (κ3) is 6.91. The number of benzene rings is 2. The summed E-state index contributed by atoms with van der Waals surface area (Å²) >= 11 is 0. The SMILES string of the molecule is C#CCN(Cc1ccc(CN[C@@H]2C[C@H]2c2ccc(F)c(F)c2)cc1)C1CCOCC1.Cl.Cl. The molecular formula is C25H30Cl2F2N2O. The van der Waals surface area contributed by atoms with Crippen LogP contribution >= 0.6 is 24.8 Å². The van der Waals surface area contributed by atoms with Gasteiger partial charge in [0.1, 0.15) is 0 Å². The molecule has 2 aromatic rings. The zero-order chi connectivity index (χ0) is 20.9. The highest BCUT2D eigenvalue weighted by molar-refractivity contribution is 5.85. The number of ether oxygens (including phenoxy) is 1. The second kappa shape index (κ2) is 12.5. The molecule has 0 spiro atoms. The lowest BCUT2D eigenvalue weighted by molar-refractivity contribution is 0.0361. The lowest BCUT2D eigenvalue weighted by Crippen LogP contribution is -2.39. The first kappa shape index (κ1) is 26.6. The van der Waals surface area contributed by atoms with E-state index in [-0.39, 0.29) is 30.7 Å². The van der Waals surface area contributed by atoms with Gasteiger partial charge in [0, 0.05) is 44.3 Å². The first-order valence-electron chi connectivity index (χ1n) is 10.7. The highest BCUT2D eigenvalue weighted by Crippen LogP contribution is 2.41. The molecular weight excluding hydrogens is 453 g/mol. The minimum atomic E-state index is -0.790.